The van der Waals surface area contributed by atoms with Gasteiger partial charge in [0, 0.05) is 5.69 Å². The molecule has 0 fully saturated rings. The summed E-state index contributed by atoms with van der Waals surface area (Å²) in [6.07, 6.45) is 0. The molecular weight excluding hydrogens is 236 g/mol. The van der Waals surface area contributed by atoms with E-state index in [1.165, 1.54) is 6.07 Å². The lowest BCUT2D eigenvalue weighted by molar-refractivity contribution is 0.598. The van der Waals surface area contributed by atoms with Gasteiger partial charge in [0.15, 0.2) is 0 Å². The zero-order chi connectivity index (χ0) is 12.5. The van der Waals surface area contributed by atoms with Crippen molar-refractivity contribution in [3.63, 3.8) is 0 Å². The van der Waals surface area contributed by atoms with Crippen LogP contribution in [0.25, 0.3) is 11.1 Å². The van der Waals surface area contributed by atoms with E-state index in [9.17, 15) is 8.42 Å². The minimum atomic E-state index is -3.67. The minimum absolute atomic E-state index is 0.104. The number of nitrogen functional groups attached to an aromatic ring is 1. The highest BCUT2D eigenvalue weighted by Crippen LogP contribution is 2.22. The molecule has 0 aliphatic rings. The second-order valence-corrected chi connectivity index (χ2v) is 5.26. The Morgan fingerprint density at radius 2 is 1.53 bits per heavy atom. The number of sulfonamides is 1. The van der Waals surface area contributed by atoms with Crippen LogP contribution in [0.1, 0.15) is 0 Å². The fourth-order valence-corrected chi connectivity index (χ4v) is 2.09. The molecule has 2 rings (SSSR count). The standard InChI is InChI=1S/C12H12N2O2S/c13-11-6-4-9(5-7-11)10-2-1-3-12(8-10)17(14,15)16/h1-8H,13H2,(H2,14,15,16). The summed E-state index contributed by atoms with van der Waals surface area (Å²) in [4.78, 5) is 0.104. The first-order chi connectivity index (χ1) is 7.97. The monoisotopic (exact) mass is 248 g/mol. The topological polar surface area (TPSA) is 86.2 Å². The van der Waals surface area contributed by atoms with Crippen molar-refractivity contribution in [2.45, 2.75) is 4.90 Å². The second kappa shape index (κ2) is 4.20. The van der Waals surface area contributed by atoms with Crippen molar-refractivity contribution >= 4 is 15.7 Å². The maximum absolute atomic E-state index is 11.2. The lowest BCUT2D eigenvalue weighted by atomic mass is 10.1. The molecule has 0 aromatic heterocycles. The number of hydrogen-bond donors (Lipinski definition) is 2. The second-order valence-electron chi connectivity index (χ2n) is 3.69. The van der Waals surface area contributed by atoms with Crippen LogP contribution in [0.4, 0.5) is 5.69 Å². The Hall–Kier alpha value is -1.85. The summed E-state index contributed by atoms with van der Waals surface area (Å²) in [5, 5.41) is 5.08. The largest absolute Gasteiger partial charge is 0.399 e. The van der Waals surface area contributed by atoms with Crippen LogP contribution in [-0.4, -0.2) is 8.42 Å². The molecule has 0 radical (unpaired) electrons. The van der Waals surface area contributed by atoms with E-state index in [2.05, 4.69) is 0 Å². The van der Waals surface area contributed by atoms with Gasteiger partial charge in [0.05, 0.1) is 4.90 Å². The maximum Gasteiger partial charge on any atom is 0.238 e. The molecule has 2 aromatic rings. The van der Waals surface area contributed by atoms with E-state index >= 15 is 0 Å². The third kappa shape index (κ3) is 2.64. The summed E-state index contributed by atoms with van der Waals surface area (Å²) in [6.45, 7) is 0. The summed E-state index contributed by atoms with van der Waals surface area (Å²) < 4.78 is 22.5. The van der Waals surface area contributed by atoms with E-state index in [0.29, 0.717) is 5.69 Å². The number of rotatable bonds is 2. The van der Waals surface area contributed by atoms with E-state index in [-0.39, 0.29) is 4.90 Å². The van der Waals surface area contributed by atoms with Crippen molar-refractivity contribution in [3.05, 3.63) is 48.5 Å². The normalized spacial score (nSPS) is 11.4. The molecule has 5 heteroatoms. The van der Waals surface area contributed by atoms with Crippen LogP contribution in [0.15, 0.2) is 53.4 Å². The molecular formula is C12H12N2O2S. The average Bonchev–Trinajstić information content (AvgIpc) is 2.29. The number of benzene rings is 2. The Labute approximate surface area is 99.9 Å². The summed E-state index contributed by atoms with van der Waals surface area (Å²) >= 11 is 0. The van der Waals surface area contributed by atoms with Crippen molar-refractivity contribution in [1.29, 1.82) is 0 Å². The van der Waals surface area contributed by atoms with Gasteiger partial charge in [-0.25, -0.2) is 13.6 Å². The fraction of sp³-hybridized carbons (Fsp3) is 0. The minimum Gasteiger partial charge on any atom is -0.399 e. The average molecular weight is 248 g/mol. The summed E-state index contributed by atoms with van der Waals surface area (Å²) in [5.74, 6) is 0. The Morgan fingerprint density at radius 1 is 0.882 bits per heavy atom. The number of anilines is 1. The molecule has 4 N–H and O–H groups in total. The first-order valence-electron chi connectivity index (χ1n) is 4.95. The SMILES string of the molecule is Nc1ccc(-c2cccc(S(N)(=O)=O)c2)cc1. The van der Waals surface area contributed by atoms with Crippen molar-refractivity contribution in [3.8, 4) is 11.1 Å². The van der Waals surface area contributed by atoms with E-state index in [4.69, 9.17) is 10.9 Å². The van der Waals surface area contributed by atoms with Crippen LogP contribution in [0.5, 0.6) is 0 Å². The Bertz CT molecular complexity index is 634. The number of hydrogen-bond acceptors (Lipinski definition) is 3. The predicted octanol–water partition coefficient (Wildman–Crippen LogP) is 1.58. The van der Waals surface area contributed by atoms with Crippen molar-refractivity contribution in [1.82, 2.24) is 0 Å². The lowest BCUT2D eigenvalue weighted by Crippen LogP contribution is -2.11. The van der Waals surface area contributed by atoms with Crippen LogP contribution < -0.4 is 10.9 Å². The van der Waals surface area contributed by atoms with Crippen LogP contribution in [0.3, 0.4) is 0 Å². The van der Waals surface area contributed by atoms with Crippen molar-refractivity contribution in [2.75, 3.05) is 5.73 Å². The molecule has 0 saturated heterocycles. The Balaban J connectivity index is 2.50. The van der Waals surface area contributed by atoms with Gasteiger partial charge >= 0.3 is 0 Å². The van der Waals surface area contributed by atoms with Gasteiger partial charge in [0.2, 0.25) is 10.0 Å². The highest BCUT2D eigenvalue weighted by Gasteiger charge is 2.08. The fourth-order valence-electron chi connectivity index (χ4n) is 1.53. The highest BCUT2D eigenvalue weighted by molar-refractivity contribution is 7.89. The molecule has 0 amide bonds. The molecule has 88 valence electrons. The van der Waals surface area contributed by atoms with Crippen LogP contribution in [-0.2, 0) is 10.0 Å². The van der Waals surface area contributed by atoms with Gasteiger partial charge in [0.25, 0.3) is 0 Å². The summed E-state index contributed by atoms with van der Waals surface area (Å²) in [5.41, 5.74) is 7.93. The zero-order valence-electron chi connectivity index (χ0n) is 9.00. The third-order valence-electron chi connectivity index (χ3n) is 2.41. The van der Waals surface area contributed by atoms with Gasteiger partial charge in [0.1, 0.15) is 0 Å². The molecule has 0 bridgehead atoms. The van der Waals surface area contributed by atoms with E-state index < -0.39 is 10.0 Å². The van der Waals surface area contributed by atoms with Crippen LogP contribution in [0, 0.1) is 0 Å². The Kier molecular flexibility index (Phi) is 2.87. The van der Waals surface area contributed by atoms with Gasteiger partial charge in [-0.15, -0.1) is 0 Å². The van der Waals surface area contributed by atoms with Crippen molar-refractivity contribution < 1.29 is 8.42 Å². The zero-order valence-corrected chi connectivity index (χ0v) is 9.81. The van der Waals surface area contributed by atoms with E-state index in [1.807, 2.05) is 18.2 Å². The van der Waals surface area contributed by atoms with Gasteiger partial charge in [-0.3, -0.25) is 0 Å². The van der Waals surface area contributed by atoms with Crippen LogP contribution >= 0.6 is 0 Å². The quantitative estimate of drug-likeness (QED) is 0.791. The Morgan fingerprint density at radius 3 is 2.12 bits per heavy atom. The lowest BCUT2D eigenvalue weighted by Gasteiger charge is -2.04. The molecule has 17 heavy (non-hydrogen) atoms. The van der Waals surface area contributed by atoms with Gasteiger partial charge in [-0.2, -0.15) is 0 Å². The van der Waals surface area contributed by atoms with Crippen molar-refractivity contribution in [2.24, 2.45) is 5.14 Å². The van der Waals surface area contributed by atoms with E-state index in [0.717, 1.165) is 11.1 Å². The maximum atomic E-state index is 11.2. The molecule has 2 aromatic carbocycles. The van der Waals surface area contributed by atoms with Gasteiger partial charge in [-0.05, 0) is 35.4 Å². The molecule has 0 aliphatic carbocycles. The van der Waals surface area contributed by atoms with Gasteiger partial charge in [-0.1, -0.05) is 24.3 Å². The third-order valence-corrected chi connectivity index (χ3v) is 3.32. The first-order valence-corrected chi connectivity index (χ1v) is 6.50. The number of nitrogens with two attached hydrogens (primary N) is 2. The summed E-state index contributed by atoms with van der Waals surface area (Å²) in [7, 11) is -3.67. The smallest absolute Gasteiger partial charge is 0.238 e. The molecule has 0 unspecified atom stereocenters. The van der Waals surface area contributed by atoms with Crippen LogP contribution in [0.2, 0.25) is 0 Å². The molecule has 0 heterocycles. The molecule has 0 saturated carbocycles. The molecule has 0 atom stereocenters. The first kappa shape index (κ1) is 11.6. The van der Waals surface area contributed by atoms with E-state index in [1.54, 1.807) is 24.3 Å². The highest BCUT2D eigenvalue weighted by atomic mass is 32.2. The number of primary sulfonamides is 1. The van der Waals surface area contributed by atoms with Gasteiger partial charge < -0.3 is 5.73 Å². The molecule has 4 nitrogen and oxygen atoms in total. The predicted molar refractivity (Wildman–Crippen MR) is 67.7 cm³/mol. The molecule has 0 spiro atoms. The summed E-state index contributed by atoms with van der Waals surface area (Å²) in [6, 6.07) is 13.7. The molecule has 0 aliphatic heterocycles.